The van der Waals surface area contributed by atoms with E-state index in [9.17, 15) is 18.3 Å². The second-order valence-corrected chi connectivity index (χ2v) is 5.97. The zero-order chi connectivity index (χ0) is 17.3. The fraction of sp³-hybridized carbons (Fsp3) is 0.368. The molecule has 2 unspecified atom stereocenters. The number of benzene rings is 2. The SMILES string of the molecule is CCC(O)c1ccc2c(c1)C(c1ccccc1C(F)(F)F)OCC2. The second kappa shape index (κ2) is 6.57. The highest BCUT2D eigenvalue weighted by Gasteiger charge is 2.36. The van der Waals surface area contributed by atoms with Crippen LogP contribution in [0.1, 0.15) is 53.4 Å². The molecule has 0 fully saturated rings. The first kappa shape index (κ1) is 17.0. The van der Waals surface area contributed by atoms with Gasteiger partial charge in [0.1, 0.15) is 6.10 Å². The smallest absolute Gasteiger partial charge is 0.388 e. The molecule has 2 atom stereocenters. The molecule has 0 saturated carbocycles. The fourth-order valence-electron chi connectivity index (χ4n) is 3.15. The molecular weight excluding hydrogens is 317 g/mol. The summed E-state index contributed by atoms with van der Waals surface area (Å²) in [5, 5.41) is 10.1. The molecule has 24 heavy (non-hydrogen) atoms. The maximum atomic E-state index is 13.3. The number of hydrogen-bond acceptors (Lipinski definition) is 2. The maximum Gasteiger partial charge on any atom is 0.416 e. The lowest BCUT2D eigenvalue weighted by Crippen LogP contribution is -2.21. The molecule has 2 nitrogen and oxygen atoms in total. The summed E-state index contributed by atoms with van der Waals surface area (Å²) in [6, 6.07) is 11.0. The molecule has 0 saturated heterocycles. The van der Waals surface area contributed by atoms with Crippen molar-refractivity contribution in [3.8, 4) is 0 Å². The summed E-state index contributed by atoms with van der Waals surface area (Å²) in [5.74, 6) is 0. The minimum Gasteiger partial charge on any atom is -0.388 e. The average molecular weight is 336 g/mol. The molecule has 0 amide bonds. The van der Waals surface area contributed by atoms with Crippen molar-refractivity contribution in [1.29, 1.82) is 0 Å². The minimum absolute atomic E-state index is 0.120. The van der Waals surface area contributed by atoms with Gasteiger partial charge in [-0.3, -0.25) is 0 Å². The highest BCUT2D eigenvalue weighted by atomic mass is 19.4. The average Bonchev–Trinajstić information content (AvgIpc) is 2.59. The van der Waals surface area contributed by atoms with Gasteiger partial charge < -0.3 is 9.84 Å². The highest BCUT2D eigenvalue weighted by Crippen LogP contribution is 2.41. The van der Waals surface area contributed by atoms with Crippen LogP contribution in [-0.4, -0.2) is 11.7 Å². The lowest BCUT2D eigenvalue weighted by atomic mass is 9.88. The molecule has 0 radical (unpaired) electrons. The van der Waals surface area contributed by atoms with Crippen LogP contribution in [0.4, 0.5) is 13.2 Å². The summed E-state index contributed by atoms with van der Waals surface area (Å²) in [6.45, 7) is 2.23. The van der Waals surface area contributed by atoms with E-state index in [4.69, 9.17) is 4.74 Å². The Kier molecular flexibility index (Phi) is 4.65. The molecule has 1 N–H and O–H groups in total. The van der Waals surface area contributed by atoms with E-state index in [1.54, 1.807) is 12.1 Å². The fourth-order valence-corrected chi connectivity index (χ4v) is 3.15. The molecule has 2 aromatic carbocycles. The lowest BCUT2D eigenvalue weighted by Gasteiger charge is -2.29. The molecule has 128 valence electrons. The number of alkyl halides is 3. The van der Waals surface area contributed by atoms with E-state index in [1.807, 2.05) is 19.1 Å². The number of aliphatic hydroxyl groups is 1. The predicted octanol–water partition coefficient (Wildman–Crippen LogP) is 4.81. The summed E-state index contributed by atoms with van der Waals surface area (Å²) < 4.78 is 45.8. The van der Waals surface area contributed by atoms with E-state index in [2.05, 4.69) is 0 Å². The quantitative estimate of drug-likeness (QED) is 0.871. The molecule has 2 aromatic rings. The Morgan fingerprint density at radius 3 is 2.62 bits per heavy atom. The summed E-state index contributed by atoms with van der Waals surface area (Å²) in [6.07, 6.45) is -4.63. The monoisotopic (exact) mass is 336 g/mol. The van der Waals surface area contributed by atoms with Crippen LogP contribution in [-0.2, 0) is 17.3 Å². The Hall–Kier alpha value is -1.85. The molecule has 0 bridgehead atoms. The molecule has 0 spiro atoms. The minimum atomic E-state index is -4.43. The van der Waals surface area contributed by atoms with Gasteiger partial charge in [0.05, 0.1) is 18.3 Å². The van der Waals surface area contributed by atoms with E-state index < -0.39 is 23.9 Å². The number of aliphatic hydroxyl groups excluding tert-OH is 1. The normalized spacial score (nSPS) is 19.0. The van der Waals surface area contributed by atoms with Gasteiger partial charge in [0.15, 0.2) is 0 Å². The van der Waals surface area contributed by atoms with Crippen molar-refractivity contribution in [2.45, 2.75) is 38.1 Å². The molecule has 3 rings (SSSR count). The van der Waals surface area contributed by atoms with E-state index in [1.165, 1.54) is 12.1 Å². The van der Waals surface area contributed by atoms with Crippen molar-refractivity contribution in [2.24, 2.45) is 0 Å². The van der Waals surface area contributed by atoms with Gasteiger partial charge in [-0.05, 0) is 47.2 Å². The van der Waals surface area contributed by atoms with Crippen molar-refractivity contribution in [1.82, 2.24) is 0 Å². The molecule has 5 heteroatoms. The molecule has 0 aliphatic carbocycles. The van der Waals surface area contributed by atoms with Gasteiger partial charge in [0.2, 0.25) is 0 Å². The Morgan fingerprint density at radius 2 is 1.92 bits per heavy atom. The van der Waals surface area contributed by atoms with E-state index in [-0.39, 0.29) is 5.56 Å². The van der Waals surface area contributed by atoms with Gasteiger partial charge in [0, 0.05) is 0 Å². The van der Waals surface area contributed by atoms with Crippen molar-refractivity contribution in [3.63, 3.8) is 0 Å². The van der Waals surface area contributed by atoms with E-state index in [0.717, 1.165) is 11.6 Å². The van der Waals surface area contributed by atoms with Gasteiger partial charge >= 0.3 is 6.18 Å². The van der Waals surface area contributed by atoms with Crippen LogP contribution in [0.5, 0.6) is 0 Å². The largest absolute Gasteiger partial charge is 0.416 e. The van der Waals surface area contributed by atoms with Gasteiger partial charge in [-0.2, -0.15) is 13.2 Å². The van der Waals surface area contributed by atoms with Crippen molar-refractivity contribution >= 4 is 0 Å². The van der Waals surface area contributed by atoms with Crippen LogP contribution in [0.3, 0.4) is 0 Å². The molecular formula is C19H19F3O2. The first-order valence-corrected chi connectivity index (χ1v) is 8.00. The van der Waals surface area contributed by atoms with Crippen molar-refractivity contribution in [2.75, 3.05) is 6.61 Å². The van der Waals surface area contributed by atoms with Gasteiger partial charge in [-0.25, -0.2) is 0 Å². The Bertz CT molecular complexity index is 725. The number of rotatable bonds is 3. The molecule has 1 aliphatic heterocycles. The van der Waals surface area contributed by atoms with Crippen LogP contribution >= 0.6 is 0 Å². The molecule has 0 aromatic heterocycles. The number of hydrogen-bond donors (Lipinski definition) is 1. The lowest BCUT2D eigenvalue weighted by molar-refractivity contribution is -0.139. The topological polar surface area (TPSA) is 29.5 Å². The zero-order valence-corrected chi connectivity index (χ0v) is 13.3. The van der Waals surface area contributed by atoms with Crippen LogP contribution in [0.2, 0.25) is 0 Å². The van der Waals surface area contributed by atoms with Crippen molar-refractivity contribution < 1.29 is 23.0 Å². The van der Waals surface area contributed by atoms with Crippen LogP contribution in [0, 0.1) is 0 Å². The summed E-state index contributed by atoms with van der Waals surface area (Å²) in [5.41, 5.74) is 1.83. The van der Waals surface area contributed by atoms with Gasteiger partial charge in [-0.15, -0.1) is 0 Å². The Labute approximate surface area is 138 Å². The first-order valence-electron chi connectivity index (χ1n) is 8.00. The van der Waals surface area contributed by atoms with E-state index >= 15 is 0 Å². The van der Waals surface area contributed by atoms with Gasteiger partial charge in [-0.1, -0.05) is 37.3 Å². The summed E-state index contributed by atoms with van der Waals surface area (Å²) in [4.78, 5) is 0. The van der Waals surface area contributed by atoms with Gasteiger partial charge in [0.25, 0.3) is 0 Å². The Morgan fingerprint density at radius 1 is 1.17 bits per heavy atom. The zero-order valence-electron chi connectivity index (χ0n) is 13.3. The standard InChI is InChI=1S/C19H19F3O2/c1-2-17(23)13-8-7-12-9-10-24-18(15(12)11-13)14-5-3-4-6-16(14)19(20,21)22/h3-8,11,17-18,23H,2,9-10H2,1H3. The van der Waals surface area contributed by atoms with E-state index in [0.29, 0.717) is 30.6 Å². The number of ether oxygens (including phenoxy) is 1. The maximum absolute atomic E-state index is 13.3. The Balaban J connectivity index is 2.10. The van der Waals surface area contributed by atoms with Crippen LogP contribution in [0.25, 0.3) is 0 Å². The second-order valence-electron chi connectivity index (χ2n) is 5.97. The molecule has 1 aliphatic rings. The third kappa shape index (κ3) is 3.19. The number of halogens is 3. The third-order valence-corrected chi connectivity index (χ3v) is 4.43. The molecule has 1 heterocycles. The van der Waals surface area contributed by atoms with Crippen molar-refractivity contribution in [3.05, 3.63) is 70.3 Å². The van der Waals surface area contributed by atoms with Crippen LogP contribution < -0.4 is 0 Å². The summed E-state index contributed by atoms with van der Waals surface area (Å²) in [7, 11) is 0. The number of fused-ring (bicyclic) bond motifs is 1. The van der Waals surface area contributed by atoms with Crippen LogP contribution in [0.15, 0.2) is 42.5 Å². The summed E-state index contributed by atoms with van der Waals surface area (Å²) >= 11 is 0. The predicted molar refractivity (Wildman–Crippen MR) is 84.6 cm³/mol. The third-order valence-electron chi connectivity index (χ3n) is 4.43. The first-order chi connectivity index (χ1) is 11.4. The highest BCUT2D eigenvalue weighted by molar-refractivity contribution is 5.44.